The van der Waals surface area contributed by atoms with Crippen LogP contribution in [0.5, 0.6) is 0 Å². The minimum atomic E-state index is -0.420. The van der Waals surface area contributed by atoms with E-state index in [1.807, 2.05) is 36.4 Å². The van der Waals surface area contributed by atoms with Crippen molar-refractivity contribution in [1.29, 1.82) is 0 Å². The molecule has 5 heteroatoms. The van der Waals surface area contributed by atoms with Crippen LogP contribution in [0.4, 0.5) is 4.39 Å². The molecular weight excluding hydrogens is 343 g/mol. The third-order valence-electron chi connectivity index (χ3n) is 4.15. The van der Waals surface area contributed by atoms with Crippen LogP contribution in [0, 0.1) is 5.82 Å². The van der Waals surface area contributed by atoms with Gasteiger partial charge in [-0.25, -0.2) is 9.82 Å². The summed E-state index contributed by atoms with van der Waals surface area (Å²) >= 11 is 0. The molecule has 0 aromatic heterocycles. The van der Waals surface area contributed by atoms with Gasteiger partial charge in [-0.1, -0.05) is 48.5 Å². The predicted molar refractivity (Wildman–Crippen MR) is 102 cm³/mol. The van der Waals surface area contributed by atoms with E-state index in [0.717, 1.165) is 5.56 Å². The molecule has 0 aliphatic heterocycles. The van der Waals surface area contributed by atoms with Gasteiger partial charge in [0, 0.05) is 17.5 Å². The van der Waals surface area contributed by atoms with E-state index in [-0.39, 0.29) is 23.9 Å². The molecule has 136 valence electrons. The highest BCUT2D eigenvalue weighted by atomic mass is 19.1. The maximum atomic E-state index is 13.1. The molecule has 0 aliphatic carbocycles. The van der Waals surface area contributed by atoms with E-state index in [1.165, 1.54) is 24.3 Å². The normalized spacial score (nSPS) is 11.6. The summed E-state index contributed by atoms with van der Waals surface area (Å²) < 4.78 is 13.1. The second kappa shape index (κ2) is 8.87. The van der Waals surface area contributed by atoms with E-state index >= 15 is 0 Å². The zero-order valence-electron chi connectivity index (χ0n) is 14.6. The molecule has 0 aliphatic rings. The quantitative estimate of drug-likeness (QED) is 0.492. The number of benzene rings is 3. The molecule has 3 aromatic rings. The lowest BCUT2D eigenvalue weighted by Crippen LogP contribution is -2.40. The number of ketones is 1. The summed E-state index contributed by atoms with van der Waals surface area (Å²) in [6, 6.07) is 23.2. The summed E-state index contributed by atoms with van der Waals surface area (Å²) in [4.78, 5) is 24.9. The molecule has 0 fully saturated rings. The fourth-order valence-electron chi connectivity index (χ4n) is 2.69. The Morgan fingerprint density at radius 2 is 1.37 bits per heavy atom. The highest BCUT2D eigenvalue weighted by Crippen LogP contribution is 2.19. The van der Waals surface area contributed by atoms with Crippen LogP contribution in [0.3, 0.4) is 0 Å². The topological polar surface area (TPSA) is 58.2 Å². The number of rotatable bonds is 7. The van der Waals surface area contributed by atoms with Crippen LogP contribution in [0.2, 0.25) is 0 Å². The molecular formula is C22H19FN2O2. The lowest BCUT2D eigenvalue weighted by atomic mass is 9.98. The summed E-state index contributed by atoms with van der Waals surface area (Å²) in [5.74, 6) is -0.824. The summed E-state index contributed by atoms with van der Waals surface area (Å²) in [6.07, 6.45) is 0.116. The molecule has 1 amide bonds. The van der Waals surface area contributed by atoms with E-state index < -0.39 is 6.04 Å². The van der Waals surface area contributed by atoms with Gasteiger partial charge in [0.25, 0.3) is 5.91 Å². The highest BCUT2D eigenvalue weighted by Gasteiger charge is 2.18. The van der Waals surface area contributed by atoms with Gasteiger partial charge >= 0.3 is 0 Å². The number of halogens is 1. The second-order valence-electron chi connectivity index (χ2n) is 6.06. The average molecular weight is 362 g/mol. The van der Waals surface area contributed by atoms with E-state index in [0.29, 0.717) is 11.1 Å². The molecule has 4 nitrogen and oxygen atoms in total. The van der Waals surface area contributed by atoms with Crippen molar-refractivity contribution >= 4 is 11.7 Å². The Hall–Kier alpha value is -3.31. The zero-order chi connectivity index (χ0) is 19.1. The fourth-order valence-corrected chi connectivity index (χ4v) is 2.69. The molecule has 0 saturated heterocycles. The maximum Gasteiger partial charge on any atom is 0.265 e. The fraction of sp³-hybridized carbons (Fsp3) is 0.0909. The Labute approximate surface area is 157 Å². The van der Waals surface area contributed by atoms with Crippen LogP contribution in [0.1, 0.15) is 38.7 Å². The van der Waals surface area contributed by atoms with E-state index in [2.05, 4.69) is 10.9 Å². The first-order valence-electron chi connectivity index (χ1n) is 8.58. The Balaban J connectivity index is 1.72. The monoisotopic (exact) mass is 362 g/mol. The summed E-state index contributed by atoms with van der Waals surface area (Å²) in [7, 11) is 0. The minimum absolute atomic E-state index is 0.116. The van der Waals surface area contributed by atoms with Crippen molar-refractivity contribution in [2.45, 2.75) is 12.5 Å². The lowest BCUT2D eigenvalue weighted by molar-refractivity contribution is 0.0900. The van der Waals surface area contributed by atoms with Crippen molar-refractivity contribution in [1.82, 2.24) is 10.9 Å². The molecule has 27 heavy (non-hydrogen) atoms. The first kappa shape index (κ1) is 18.5. The summed E-state index contributed by atoms with van der Waals surface area (Å²) in [6.45, 7) is 0. The lowest BCUT2D eigenvalue weighted by Gasteiger charge is -2.19. The SMILES string of the molecule is O=C(C[C@H](NNC(=O)c1ccccc1)c1ccccc1)c1ccc(F)cc1. The Bertz CT molecular complexity index is 897. The van der Waals surface area contributed by atoms with Crippen molar-refractivity contribution < 1.29 is 14.0 Å². The van der Waals surface area contributed by atoms with E-state index in [9.17, 15) is 14.0 Å². The van der Waals surface area contributed by atoms with Gasteiger partial charge < -0.3 is 0 Å². The van der Waals surface area contributed by atoms with Crippen LogP contribution in [0.15, 0.2) is 84.9 Å². The van der Waals surface area contributed by atoms with E-state index in [4.69, 9.17) is 0 Å². The van der Waals surface area contributed by atoms with Crippen molar-refractivity contribution in [2.24, 2.45) is 0 Å². The number of carbonyl (C=O) groups is 2. The van der Waals surface area contributed by atoms with Gasteiger partial charge in [-0.05, 0) is 42.0 Å². The molecule has 0 saturated carbocycles. The van der Waals surface area contributed by atoms with Gasteiger partial charge in [-0.2, -0.15) is 0 Å². The van der Waals surface area contributed by atoms with Crippen molar-refractivity contribution in [3.05, 3.63) is 107 Å². The second-order valence-corrected chi connectivity index (χ2v) is 6.06. The van der Waals surface area contributed by atoms with Crippen LogP contribution >= 0.6 is 0 Å². The third-order valence-corrected chi connectivity index (χ3v) is 4.15. The number of hydrogen-bond acceptors (Lipinski definition) is 3. The van der Waals surface area contributed by atoms with Crippen molar-refractivity contribution in [2.75, 3.05) is 0 Å². The predicted octanol–water partition coefficient (Wildman–Crippen LogP) is 4.07. The molecule has 2 N–H and O–H groups in total. The van der Waals surface area contributed by atoms with Gasteiger partial charge in [-0.3, -0.25) is 15.0 Å². The number of hydrazine groups is 1. The Morgan fingerprint density at radius 1 is 0.778 bits per heavy atom. The summed E-state index contributed by atoms with van der Waals surface area (Å²) in [5.41, 5.74) is 7.42. The standard InChI is InChI=1S/C22H19FN2O2/c23-19-13-11-17(12-14-19)21(26)15-20(16-7-3-1-4-8-16)24-25-22(27)18-9-5-2-6-10-18/h1-14,20,24H,15H2,(H,25,27)/t20-/m0/s1. The van der Waals surface area contributed by atoms with Gasteiger partial charge in [0.15, 0.2) is 5.78 Å². The van der Waals surface area contributed by atoms with Crippen molar-refractivity contribution in [3.8, 4) is 0 Å². The van der Waals surface area contributed by atoms with Crippen molar-refractivity contribution in [3.63, 3.8) is 0 Å². The van der Waals surface area contributed by atoms with Gasteiger partial charge in [-0.15, -0.1) is 0 Å². The Morgan fingerprint density at radius 3 is 2.00 bits per heavy atom. The molecule has 0 spiro atoms. The van der Waals surface area contributed by atoms with Crippen LogP contribution < -0.4 is 10.9 Å². The number of carbonyl (C=O) groups excluding carboxylic acids is 2. The third kappa shape index (κ3) is 5.09. The number of nitrogens with one attached hydrogen (secondary N) is 2. The molecule has 0 heterocycles. The minimum Gasteiger partial charge on any atom is -0.294 e. The first-order valence-corrected chi connectivity index (χ1v) is 8.58. The Kier molecular flexibility index (Phi) is 6.07. The van der Waals surface area contributed by atoms with Gasteiger partial charge in [0.05, 0.1) is 6.04 Å². The first-order chi connectivity index (χ1) is 13.1. The molecule has 0 radical (unpaired) electrons. The molecule has 1 atom stereocenters. The molecule has 3 rings (SSSR count). The van der Waals surface area contributed by atoms with Crippen LogP contribution in [-0.4, -0.2) is 11.7 Å². The molecule has 0 unspecified atom stereocenters. The molecule has 0 bridgehead atoms. The van der Waals surface area contributed by atoms with Crippen LogP contribution in [0.25, 0.3) is 0 Å². The van der Waals surface area contributed by atoms with Gasteiger partial charge in [0.2, 0.25) is 0 Å². The smallest absolute Gasteiger partial charge is 0.265 e. The van der Waals surface area contributed by atoms with Gasteiger partial charge in [0.1, 0.15) is 5.82 Å². The average Bonchev–Trinajstić information content (AvgIpc) is 2.72. The maximum absolute atomic E-state index is 13.1. The zero-order valence-corrected chi connectivity index (χ0v) is 14.6. The number of hydrogen-bond donors (Lipinski definition) is 2. The summed E-state index contributed by atoms with van der Waals surface area (Å²) in [5, 5.41) is 0. The van der Waals surface area contributed by atoms with Crippen LogP contribution in [-0.2, 0) is 0 Å². The highest BCUT2D eigenvalue weighted by molar-refractivity contribution is 5.96. The number of amides is 1. The van der Waals surface area contributed by atoms with E-state index in [1.54, 1.807) is 24.3 Å². The largest absolute Gasteiger partial charge is 0.294 e. The number of Topliss-reactive ketones (excluding diaryl/α,β-unsaturated/α-hetero) is 1. The molecule has 3 aromatic carbocycles.